The summed E-state index contributed by atoms with van der Waals surface area (Å²) < 4.78 is 51.1. The first kappa shape index (κ1) is 21.3. The molecule has 0 aliphatic carbocycles. The van der Waals surface area contributed by atoms with Gasteiger partial charge in [-0.2, -0.15) is 5.10 Å². The van der Waals surface area contributed by atoms with Crippen molar-refractivity contribution in [3.05, 3.63) is 84.2 Å². The first-order chi connectivity index (χ1) is 15.4. The molecule has 8 nitrogen and oxygen atoms in total. The fraction of sp³-hybridized carbons (Fsp3) is 0.0909. The zero-order valence-electron chi connectivity index (χ0n) is 16.6. The zero-order chi connectivity index (χ0) is 22.6. The number of benzene rings is 3. The van der Waals surface area contributed by atoms with Gasteiger partial charge in [0.2, 0.25) is 6.79 Å². The van der Waals surface area contributed by atoms with Crippen molar-refractivity contribution in [1.82, 2.24) is 5.43 Å². The summed E-state index contributed by atoms with van der Waals surface area (Å²) in [6, 6.07) is 17.6. The number of nitrogens with one attached hydrogen (secondary N) is 1. The second kappa shape index (κ2) is 9.06. The summed E-state index contributed by atoms with van der Waals surface area (Å²) in [5, 5.41) is 3.88. The summed E-state index contributed by atoms with van der Waals surface area (Å²) >= 11 is 0. The maximum absolute atomic E-state index is 13.4. The maximum atomic E-state index is 13.4. The lowest BCUT2D eigenvalue weighted by molar-refractivity contribution is -0.119. The number of sulfonamides is 1. The molecule has 0 aromatic heterocycles. The van der Waals surface area contributed by atoms with Crippen molar-refractivity contribution in [3.63, 3.8) is 0 Å². The molecular weight excluding hydrogens is 437 g/mol. The minimum Gasteiger partial charge on any atom is -0.454 e. The third-order valence-electron chi connectivity index (χ3n) is 4.53. The summed E-state index contributed by atoms with van der Waals surface area (Å²) in [4.78, 5) is 12.5. The number of nitrogens with zero attached hydrogens (tertiary/aromatic N) is 2. The molecule has 0 bridgehead atoms. The molecule has 32 heavy (non-hydrogen) atoms. The lowest BCUT2D eigenvalue weighted by Gasteiger charge is -2.23. The fourth-order valence-electron chi connectivity index (χ4n) is 2.98. The molecular formula is C22H18FN3O5S. The number of carbonyl (C=O) groups is 1. The Bertz CT molecular complexity index is 1250. The van der Waals surface area contributed by atoms with Gasteiger partial charge in [-0.05, 0) is 60.2 Å². The van der Waals surface area contributed by atoms with Crippen molar-refractivity contribution >= 4 is 27.8 Å². The highest BCUT2D eigenvalue weighted by atomic mass is 32.2. The highest BCUT2D eigenvalue weighted by Crippen LogP contribution is 2.32. The molecule has 0 saturated heterocycles. The largest absolute Gasteiger partial charge is 0.454 e. The number of rotatable bonds is 7. The lowest BCUT2D eigenvalue weighted by Crippen LogP contribution is -2.39. The third kappa shape index (κ3) is 4.70. The number of hydrogen-bond acceptors (Lipinski definition) is 6. The Kier molecular flexibility index (Phi) is 6.04. The molecule has 0 fully saturated rings. The normalized spacial score (nSPS) is 12.7. The van der Waals surface area contributed by atoms with E-state index in [1.54, 1.807) is 36.4 Å². The van der Waals surface area contributed by atoms with Crippen molar-refractivity contribution in [2.75, 3.05) is 17.6 Å². The van der Waals surface area contributed by atoms with E-state index in [9.17, 15) is 17.6 Å². The Labute approximate surface area is 183 Å². The van der Waals surface area contributed by atoms with Crippen LogP contribution >= 0.6 is 0 Å². The van der Waals surface area contributed by atoms with Crippen LogP contribution in [0.25, 0.3) is 0 Å². The monoisotopic (exact) mass is 455 g/mol. The van der Waals surface area contributed by atoms with Crippen LogP contribution in [-0.2, 0) is 14.8 Å². The van der Waals surface area contributed by atoms with Gasteiger partial charge in [0.05, 0.1) is 16.8 Å². The van der Waals surface area contributed by atoms with Gasteiger partial charge in [0, 0.05) is 0 Å². The van der Waals surface area contributed by atoms with Crippen LogP contribution in [0.2, 0.25) is 0 Å². The minimum absolute atomic E-state index is 0.000913. The van der Waals surface area contributed by atoms with Crippen molar-refractivity contribution in [2.45, 2.75) is 4.90 Å². The van der Waals surface area contributed by atoms with Gasteiger partial charge in [-0.15, -0.1) is 0 Å². The molecule has 4 rings (SSSR count). The van der Waals surface area contributed by atoms with Gasteiger partial charge < -0.3 is 9.47 Å². The molecule has 1 aliphatic rings. The maximum Gasteiger partial charge on any atom is 0.264 e. The van der Waals surface area contributed by atoms with Crippen LogP contribution in [0, 0.1) is 5.82 Å². The summed E-state index contributed by atoms with van der Waals surface area (Å²) in [6.45, 7) is -0.414. The van der Waals surface area contributed by atoms with Crippen LogP contribution in [0.4, 0.5) is 10.1 Å². The zero-order valence-corrected chi connectivity index (χ0v) is 17.5. The topological polar surface area (TPSA) is 97.3 Å². The van der Waals surface area contributed by atoms with E-state index in [0.29, 0.717) is 17.1 Å². The first-order valence-electron chi connectivity index (χ1n) is 9.48. The molecule has 0 saturated carbocycles. The van der Waals surface area contributed by atoms with Crippen LogP contribution in [0.1, 0.15) is 5.56 Å². The Morgan fingerprint density at radius 2 is 1.75 bits per heavy atom. The number of hydrogen-bond donors (Lipinski definition) is 1. The van der Waals surface area contributed by atoms with E-state index in [0.717, 1.165) is 16.4 Å². The molecule has 0 unspecified atom stereocenters. The summed E-state index contributed by atoms with van der Waals surface area (Å²) in [6.07, 6.45) is 1.40. The number of ether oxygens (including phenoxy) is 2. The Balaban J connectivity index is 1.51. The average Bonchev–Trinajstić information content (AvgIpc) is 3.27. The van der Waals surface area contributed by atoms with Crippen molar-refractivity contribution in [1.29, 1.82) is 0 Å². The number of amides is 1. The number of carbonyl (C=O) groups excluding carboxylic acids is 1. The lowest BCUT2D eigenvalue weighted by atomic mass is 10.2. The second-order valence-electron chi connectivity index (χ2n) is 6.71. The van der Waals surface area contributed by atoms with Gasteiger partial charge in [-0.25, -0.2) is 18.2 Å². The van der Waals surface area contributed by atoms with Crippen LogP contribution in [0.5, 0.6) is 11.5 Å². The highest BCUT2D eigenvalue weighted by Gasteiger charge is 2.27. The molecule has 1 aliphatic heterocycles. The standard InChI is InChI=1S/C22H18FN3O5S/c23-17-7-9-18(10-8-17)26(32(28,29)19-4-2-1-3-5-19)14-22(27)25-24-13-16-6-11-20-21(12-16)31-15-30-20/h1-13H,14-15H2,(H,25,27)/b24-13-. The van der Waals surface area contributed by atoms with Gasteiger partial charge >= 0.3 is 0 Å². The molecule has 10 heteroatoms. The van der Waals surface area contributed by atoms with Gasteiger partial charge in [0.25, 0.3) is 15.9 Å². The first-order valence-corrected chi connectivity index (χ1v) is 10.9. The quantitative estimate of drug-likeness (QED) is 0.437. The predicted molar refractivity (Wildman–Crippen MR) is 116 cm³/mol. The third-order valence-corrected chi connectivity index (χ3v) is 6.32. The molecule has 0 radical (unpaired) electrons. The summed E-state index contributed by atoms with van der Waals surface area (Å²) in [5.74, 6) is -0.0154. The molecule has 3 aromatic carbocycles. The second-order valence-corrected chi connectivity index (χ2v) is 8.57. The van der Waals surface area contributed by atoms with E-state index in [4.69, 9.17) is 9.47 Å². The number of anilines is 1. The molecule has 3 aromatic rings. The fourth-order valence-corrected chi connectivity index (χ4v) is 4.42. The summed E-state index contributed by atoms with van der Waals surface area (Å²) in [5.41, 5.74) is 3.11. The highest BCUT2D eigenvalue weighted by molar-refractivity contribution is 7.92. The van der Waals surface area contributed by atoms with Gasteiger partial charge in [-0.3, -0.25) is 9.10 Å². The predicted octanol–water partition coefficient (Wildman–Crippen LogP) is 2.90. The van der Waals surface area contributed by atoms with E-state index >= 15 is 0 Å². The Morgan fingerprint density at radius 1 is 1.03 bits per heavy atom. The smallest absolute Gasteiger partial charge is 0.264 e. The van der Waals surface area contributed by atoms with Gasteiger partial charge in [0.15, 0.2) is 11.5 Å². The van der Waals surface area contributed by atoms with Crippen molar-refractivity contribution in [2.24, 2.45) is 5.10 Å². The number of halogens is 1. The van der Waals surface area contributed by atoms with Crippen LogP contribution < -0.4 is 19.2 Å². The van der Waals surface area contributed by atoms with Gasteiger partial charge in [0.1, 0.15) is 12.4 Å². The summed E-state index contributed by atoms with van der Waals surface area (Å²) in [7, 11) is -4.08. The number of hydrazone groups is 1. The Morgan fingerprint density at radius 3 is 2.50 bits per heavy atom. The molecule has 0 spiro atoms. The molecule has 1 N–H and O–H groups in total. The SMILES string of the molecule is O=C(CN(c1ccc(F)cc1)S(=O)(=O)c1ccccc1)N/N=C\c1ccc2c(c1)OCO2. The van der Waals surface area contributed by atoms with Crippen LogP contribution in [-0.4, -0.2) is 33.9 Å². The van der Waals surface area contributed by atoms with Crippen LogP contribution in [0.3, 0.4) is 0 Å². The van der Waals surface area contributed by atoms with Crippen molar-refractivity contribution < 1.29 is 27.1 Å². The van der Waals surface area contributed by atoms with E-state index < -0.39 is 28.3 Å². The molecule has 164 valence electrons. The number of fused-ring (bicyclic) bond motifs is 1. The van der Waals surface area contributed by atoms with E-state index in [-0.39, 0.29) is 17.4 Å². The van der Waals surface area contributed by atoms with E-state index in [1.165, 1.54) is 30.5 Å². The Hall–Kier alpha value is -3.92. The van der Waals surface area contributed by atoms with E-state index in [2.05, 4.69) is 10.5 Å². The molecule has 0 atom stereocenters. The van der Waals surface area contributed by atoms with Crippen LogP contribution in [0.15, 0.2) is 82.8 Å². The minimum atomic E-state index is -4.08. The molecule has 1 amide bonds. The average molecular weight is 455 g/mol. The van der Waals surface area contributed by atoms with Crippen molar-refractivity contribution in [3.8, 4) is 11.5 Å². The van der Waals surface area contributed by atoms with E-state index in [1.807, 2.05) is 0 Å². The molecule has 1 heterocycles. The van der Waals surface area contributed by atoms with Gasteiger partial charge in [-0.1, -0.05) is 18.2 Å².